The zero-order valence-corrected chi connectivity index (χ0v) is 14.7. The van der Waals surface area contributed by atoms with Crippen molar-refractivity contribution in [3.63, 3.8) is 0 Å². The van der Waals surface area contributed by atoms with E-state index in [1.54, 1.807) is 11.9 Å². The zero-order valence-electron chi connectivity index (χ0n) is 14.7. The molecule has 0 spiro atoms. The van der Waals surface area contributed by atoms with Gasteiger partial charge in [0, 0.05) is 20.1 Å². The highest BCUT2D eigenvalue weighted by Crippen LogP contribution is 2.26. The minimum absolute atomic E-state index is 0.0375. The van der Waals surface area contributed by atoms with E-state index in [1.165, 1.54) is 4.90 Å². The Kier molecular flexibility index (Phi) is 4.10. The van der Waals surface area contributed by atoms with E-state index in [4.69, 9.17) is 0 Å². The van der Waals surface area contributed by atoms with Crippen molar-refractivity contribution in [2.75, 3.05) is 33.2 Å². The molecule has 4 amide bonds. The number of amides is 4. The van der Waals surface area contributed by atoms with Gasteiger partial charge >= 0.3 is 6.03 Å². The largest absolute Gasteiger partial charge is 0.339 e. The Morgan fingerprint density at radius 1 is 1.27 bits per heavy atom. The molecule has 1 unspecified atom stereocenters. The summed E-state index contributed by atoms with van der Waals surface area (Å²) in [5, 5.41) is 0. The molecule has 3 heterocycles. The number of piperidine rings is 1. The van der Waals surface area contributed by atoms with Crippen molar-refractivity contribution in [3.05, 3.63) is 30.6 Å². The maximum atomic E-state index is 12.7. The highest BCUT2D eigenvalue weighted by molar-refractivity contribution is 6.04. The summed E-state index contributed by atoms with van der Waals surface area (Å²) in [5.41, 5.74) is 1.99. The monoisotopic (exact) mass is 355 g/mol. The Labute approximate surface area is 151 Å². The summed E-state index contributed by atoms with van der Waals surface area (Å²) >= 11 is 0. The van der Waals surface area contributed by atoms with Gasteiger partial charge in [-0.2, -0.15) is 0 Å². The molecule has 0 radical (unpaired) electrons. The number of benzene rings is 1. The van der Waals surface area contributed by atoms with E-state index in [1.807, 2.05) is 30.6 Å². The zero-order chi connectivity index (χ0) is 18.3. The quantitative estimate of drug-likeness (QED) is 0.772. The average molecular weight is 355 g/mol. The Hall–Kier alpha value is -2.90. The fourth-order valence-corrected chi connectivity index (χ4v) is 3.74. The van der Waals surface area contributed by atoms with E-state index in [0.717, 1.165) is 28.8 Å². The van der Waals surface area contributed by atoms with Crippen LogP contribution >= 0.6 is 0 Å². The van der Waals surface area contributed by atoms with E-state index in [0.29, 0.717) is 13.1 Å². The van der Waals surface area contributed by atoms with Crippen molar-refractivity contribution in [2.24, 2.45) is 0 Å². The van der Waals surface area contributed by atoms with Gasteiger partial charge in [-0.1, -0.05) is 12.1 Å². The van der Waals surface area contributed by atoms with Crippen molar-refractivity contribution in [3.8, 4) is 0 Å². The molecule has 2 saturated heterocycles. The molecule has 2 aromatic rings. The Morgan fingerprint density at radius 3 is 2.85 bits per heavy atom. The third-order valence-corrected chi connectivity index (χ3v) is 5.15. The summed E-state index contributed by atoms with van der Waals surface area (Å²) in [5.74, 6) is -0.504. The number of hydrogen-bond acceptors (Lipinski definition) is 4. The maximum absolute atomic E-state index is 12.7. The first-order chi connectivity index (χ1) is 12.5. The summed E-state index contributed by atoms with van der Waals surface area (Å²) in [6.07, 6.45) is 3.67. The number of fused-ring (bicyclic) bond motifs is 1. The highest BCUT2D eigenvalue weighted by Gasteiger charge is 2.36. The molecule has 136 valence electrons. The SMILES string of the molecule is CN1CC(=O)N(CC(=O)N2CCCC(n3cnc4ccccc43)C2)C1=O. The molecule has 1 aromatic carbocycles. The third-order valence-electron chi connectivity index (χ3n) is 5.15. The second kappa shape index (κ2) is 6.44. The lowest BCUT2D eigenvalue weighted by atomic mass is 10.1. The number of aromatic nitrogens is 2. The van der Waals surface area contributed by atoms with Crippen molar-refractivity contribution in [1.82, 2.24) is 24.3 Å². The fraction of sp³-hybridized carbons (Fsp3) is 0.444. The molecule has 0 saturated carbocycles. The second-order valence-corrected chi connectivity index (χ2v) is 6.89. The molecule has 8 nitrogen and oxygen atoms in total. The van der Waals surface area contributed by atoms with Crippen LogP contribution in [0.2, 0.25) is 0 Å². The first kappa shape index (κ1) is 16.6. The number of imidazole rings is 1. The number of likely N-dealkylation sites (N-methyl/N-ethyl adjacent to an activating group) is 1. The van der Waals surface area contributed by atoms with Crippen LogP contribution in [-0.2, 0) is 9.59 Å². The summed E-state index contributed by atoms with van der Waals surface area (Å²) < 4.78 is 2.12. The third kappa shape index (κ3) is 2.81. The van der Waals surface area contributed by atoms with Gasteiger partial charge in [0.15, 0.2) is 0 Å². The first-order valence-corrected chi connectivity index (χ1v) is 8.79. The molecule has 0 bridgehead atoms. The topological polar surface area (TPSA) is 78.8 Å². The molecule has 2 aliphatic rings. The second-order valence-electron chi connectivity index (χ2n) is 6.89. The number of rotatable bonds is 3. The highest BCUT2D eigenvalue weighted by atomic mass is 16.2. The van der Waals surface area contributed by atoms with Gasteiger partial charge in [0.2, 0.25) is 5.91 Å². The molecular weight excluding hydrogens is 334 g/mol. The molecule has 26 heavy (non-hydrogen) atoms. The summed E-state index contributed by atoms with van der Waals surface area (Å²) in [6, 6.07) is 7.68. The van der Waals surface area contributed by atoms with Crippen molar-refractivity contribution in [1.29, 1.82) is 0 Å². The number of hydrogen-bond donors (Lipinski definition) is 0. The molecule has 0 N–H and O–H groups in total. The van der Waals surface area contributed by atoms with Crippen LogP contribution in [0.1, 0.15) is 18.9 Å². The van der Waals surface area contributed by atoms with Crippen LogP contribution < -0.4 is 0 Å². The minimum Gasteiger partial charge on any atom is -0.339 e. The molecule has 4 rings (SSSR count). The van der Waals surface area contributed by atoms with Gasteiger partial charge in [-0.3, -0.25) is 14.5 Å². The van der Waals surface area contributed by atoms with Gasteiger partial charge in [0.05, 0.1) is 23.4 Å². The van der Waals surface area contributed by atoms with Gasteiger partial charge in [-0.25, -0.2) is 9.78 Å². The predicted molar refractivity (Wildman–Crippen MR) is 94.3 cm³/mol. The van der Waals surface area contributed by atoms with E-state index < -0.39 is 6.03 Å². The summed E-state index contributed by atoms with van der Waals surface area (Å²) in [4.78, 5) is 45.1. The smallest absolute Gasteiger partial charge is 0.327 e. The van der Waals surface area contributed by atoms with Gasteiger partial charge in [0.25, 0.3) is 5.91 Å². The molecule has 0 aliphatic carbocycles. The lowest BCUT2D eigenvalue weighted by Crippen LogP contribution is -2.47. The molecular formula is C18H21N5O3. The molecule has 1 atom stereocenters. The lowest BCUT2D eigenvalue weighted by Gasteiger charge is -2.34. The van der Waals surface area contributed by atoms with Crippen LogP contribution in [0, 0.1) is 0 Å². The maximum Gasteiger partial charge on any atom is 0.327 e. The van der Waals surface area contributed by atoms with Crippen molar-refractivity contribution < 1.29 is 14.4 Å². The van der Waals surface area contributed by atoms with Crippen LogP contribution in [0.3, 0.4) is 0 Å². The van der Waals surface area contributed by atoms with Gasteiger partial charge in [0.1, 0.15) is 13.1 Å². The first-order valence-electron chi connectivity index (χ1n) is 8.79. The Balaban J connectivity index is 1.47. The lowest BCUT2D eigenvalue weighted by molar-refractivity contribution is -0.137. The van der Waals surface area contributed by atoms with E-state index in [2.05, 4.69) is 9.55 Å². The van der Waals surface area contributed by atoms with Crippen LogP contribution in [0.15, 0.2) is 30.6 Å². The number of nitrogens with zero attached hydrogens (tertiary/aromatic N) is 5. The van der Waals surface area contributed by atoms with E-state index in [9.17, 15) is 14.4 Å². The summed E-state index contributed by atoms with van der Waals surface area (Å²) in [7, 11) is 1.56. The van der Waals surface area contributed by atoms with Gasteiger partial charge in [-0.05, 0) is 25.0 Å². The number of carbonyl (C=O) groups is 3. The van der Waals surface area contributed by atoms with Crippen LogP contribution in [-0.4, -0.2) is 75.3 Å². The summed E-state index contributed by atoms with van der Waals surface area (Å²) in [6.45, 7) is 1.06. The number of imide groups is 1. The van der Waals surface area contributed by atoms with Crippen LogP contribution in [0.5, 0.6) is 0 Å². The van der Waals surface area contributed by atoms with Crippen molar-refractivity contribution >= 4 is 28.9 Å². The molecule has 1 aromatic heterocycles. The fourth-order valence-electron chi connectivity index (χ4n) is 3.74. The standard InChI is InChI=1S/C18H21N5O3/c1-20-10-17(25)22(18(20)26)11-16(24)21-8-4-5-13(9-21)23-12-19-14-6-2-3-7-15(14)23/h2-3,6-7,12-13H,4-5,8-11H2,1H3. The number of carbonyl (C=O) groups excluding carboxylic acids is 3. The molecule has 2 aliphatic heterocycles. The molecule has 2 fully saturated rings. The van der Waals surface area contributed by atoms with Gasteiger partial charge in [-0.15, -0.1) is 0 Å². The number of para-hydroxylation sites is 2. The molecule has 8 heteroatoms. The van der Waals surface area contributed by atoms with Crippen molar-refractivity contribution in [2.45, 2.75) is 18.9 Å². The van der Waals surface area contributed by atoms with Crippen LogP contribution in [0.25, 0.3) is 11.0 Å². The predicted octanol–water partition coefficient (Wildman–Crippen LogP) is 1.09. The Bertz CT molecular complexity index is 877. The van der Waals surface area contributed by atoms with E-state index >= 15 is 0 Å². The normalized spacial score (nSPS) is 21.1. The average Bonchev–Trinajstić information content (AvgIpc) is 3.18. The van der Waals surface area contributed by atoms with Gasteiger partial charge < -0.3 is 14.4 Å². The van der Waals surface area contributed by atoms with Crippen LogP contribution in [0.4, 0.5) is 4.79 Å². The van der Waals surface area contributed by atoms with E-state index in [-0.39, 0.29) is 30.9 Å². The number of likely N-dealkylation sites (tertiary alicyclic amines) is 1. The minimum atomic E-state index is -0.405. The number of urea groups is 1. The Morgan fingerprint density at radius 2 is 2.08 bits per heavy atom.